The van der Waals surface area contributed by atoms with Gasteiger partial charge < -0.3 is 9.84 Å². The first-order chi connectivity index (χ1) is 4.52. The fraction of sp³-hybridized carbons (Fsp3) is 0.857. The van der Waals surface area contributed by atoms with Crippen LogP contribution in [0, 0.1) is 5.41 Å². The van der Waals surface area contributed by atoms with Crippen LogP contribution in [-0.2, 0) is 9.53 Å². The normalized spacial score (nSPS) is 31.5. The highest BCUT2D eigenvalue weighted by Crippen LogP contribution is 2.27. The van der Waals surface area contributed by atoms with Gasteiger partial charge in [-0.1, -0.05) is 13.8 Å². The van der Waals surface area contributed by atoms with Gasteiger partial charge in [-0.15, -0.1) is 0 Å². The molecule has 0 saturated carbocycles. The van der Waals surface area contributed by atoms with Gasteiger partial charge in [-0.05, 0) is 0 Å². The van der Waals surface area contributed by atoms with E-state index in [1.54, 1.807) is 0 Å². The molecular formula is C7H12O3. The maximum Gasteiger partial charge on any atom is 0.308 e. The second-order valence-electron chi connectivity index (χ2n) is 3.37. The Kier molecular flexibility index (Phi) is 1.68. The number of aliphatic hydroxyl groups is 1. The van der Waals surface area contributed by atoms with Crippen molar-refractivity contribution in [1.29, 1.82) is 0 Å². The lowest BCUT2D eigenvalue weighted by Crippen LogP contribution is -2.41. The van der Waals surface area contributed by atoms with Crippen LogP contribution < -0.4 is 0 Å². The maximum atomic E-state index is 10.6. The van der Waals surface area contributed by atoms with Gasteiger partial charge >= 0.3 is 5.97 Å². The first-order valence-corrected chi connectivity index (χ1v) is 3.36. The van der Waals surface area contributed by atoms with Crippen LogP contribution in [0.15, 0.2) is 0 Å². The van der Waals surface area contributed by atoms with Crippen molar-refractivity contribution in [3.63, 3.8) is 0 Å². The van der Waals surface area contributed by atoms with Gasteiger partial charge in [-0.2, -0.15) is 0 Å². The van der Waals surface area contributed by atoms with Crippen molar-refractivity contribution < 1.29 is 14.6 Å². The van der Waals surface area contributed by atoms with Crippen molar-refractivity contribution in [1.82, 2.24) is 0 Å². The molecular weight excluding hydrogens is 132 g/mol. The van der Waals surface area contributed by atoms with Crippen LogP contribution in [0.5, 0.6) is 0 Å². The number of carbonyl (C=O) groups excluding carboxylic acids is 1. The van der Waals surface area contributed by atoms with Crippen molar-refractivity contribution in [3.05, 3.63) is 0 Å². The number of hydrogen-bond donors (Lipinski definition) is 1. The number of aliphatic hydroxyl groups excluding tert-OH is 1. The molecule has 1 heterocycles. The second-order valence-corrected chi connectivity index (χ2v) is 3.37. The van der Waals surface area contributed by atoms with Gasteiger partial charge in [0, 0.05) is 5.41 Å². The average Bonchev–Trinajstić information content (AvgIpc) is 1.81. The predicted molar refractivity (Wildman–Crippen MR) is 35.4 cm³/mol. The zero-order valence-electron chi connectivity index (χ0n) is 6.26. The van der Waals surface area contributed by atoms with Gasteiger partial charge in [0.25, 0.3) is 0 Å². The number of ether oxygens (including phenoxy) is 1. The summed E-state index contributed by atoms with van der Waals surface area (Å²) in [4.78, 5) is 10.6. The molecule has 1 N–H and O–H groups in total. The molecule has 0 spiro atoms. The Morgan fingerprint density at radius 3 is 2.70 bits per heavy atom. The minimum absolute atomic E-state index is 0.132. The predicted octanol–water partition coefficient (Wildman–Crippen LogP) is 0.320. The van der Waals surface area contributed by atoms with Gasteiger partial charge in [-0.3, -0.25) is 4.79 Å². The average molecular weight is 144 g/mol. The van der Waals surface area contributed by atoms with E-state index in [0.29, 0.717) is 6.61 Å². The molecule has 1 atom stereocenters. The molecule has 0 radical (unpaired) electrons. The van der Waals surface area contributed by atoms with Gasteiger partial charge in [-0.25, -0.2) is 0 Å². The molecule has 0 aromatic rings. The van der Waals surface area contributed by atoms with Gasteiger partial charge in [0.05, 0.1) is 19.1 Å². The monoisotopic (exact) mass is 144 g/mol. The van der Waals surface area contributed by atoms with Gasteiger partial charge in [0.2, 0.25) is 0 Å². The summed E-state index contributed by atoms with van der Waals surface area (Å²) >= 11 is 0. The smallest absolute Gasteiger partial charge is 0.308 e. The number of esters is 1. The van der Waals surface area contributed by atoms with Crippen LogP contribution in [0.1, 0.15) is 20.3 Å². The standard InChI is InChI=1S/C7H12O3/c1-7(2)4-10-6(9)3-5(7)8/h5,8H,3-4H2,1-2H3. The molecule has 3 heteroatoms. The molecule has 10 heavy (non-hydrogen) atoms. The second kappa shape index (κ2) is 2.23. The fourth-order valence-electron chi connectivity index (χ4n) is 0.856. The summed E-state index contributed by atoms with van der Waals surface area (Å²) in [7, 11) is 0. The Bertz CT molecular complexity index is 151. The summed E-state index contributed by atoms with van der Waals surface area (Å²) in [5, 5.41) is 9.31. The molecule has 1 aliphatic rings. The van der Waals surface area contributed by atoms with E-state index in [9.17, 15) is 9.90 Å². The lowest BCUT2D eigenvalue weighted by Gasteiger charge is -2.33. The quantitative estimate of drug-likeness (QED) is 0.498. The van der Waals surface area contributed by atoms with Crippen molar-refractivity contribution in [2.45, 2.75) is 26.4 Å². The highest BCUT2D eigenvalue weighted by atomic mass is 16.5. The van der Waals surface area contributed by atoms with Crippen molar-refractivity contribution in [2.75, 3.05) is 6.61 Å². The summed E-state index contributed by atoms with van der Waals surface area (Å²) in [6.45, 7) is 4.08. The lowest BCUT2D eigenvalue weighted by atomic mass is 9.84. The van der Waals surface area contributed by atoms with E-state index in [-0.39, 0.29) is 17.8 Å². The first-order valence-electron chi connectivity index (χ1n) is 3.36. The molecule has 0 amide bonds. The van der Waals surface area contributed by atoms with Crippen molar-refractivity contribution >= 4 is 5.97 Å². The minimum Gasteiger partial charge on any atom is -0.465 e. The summed E-state index contributed by atoms with van der Waals surface area (Å²) in [6, 6.07) is 0. The third-order valence-corrected chi connectivity index (χ3v) is 1.87. The molecule has 58 valence electrons. The Morgan fingerprint density at radius 1 is 1.70 bits per heavy atom. The molecule has 0 aromatic heterocycles. The Morgan fingerprint density at radius 2 is 2.30 bits per heavy atom. The summed E-state index contributed by atoms with van der Waals surface area (Å²) < 4.78 is 4.76. The number of carbonyl (C=O) groups is 1. The molecule has 1 rings (SSSR count). The van der Waals surface area contributed by atoms with Crippen LogP contribution in [0.2, 0.25) is 0 Å². The highest BCUT2D eigenvalue weighted by molar-refractivity contribution is 5.70. The van der Waals surface area contributed by atoms with E-state index in [1.807, 2.05) is 13.8 Å². The number of cyclic esters (lactones) is 1. The molecule has 0 aromatic carbocycles. The van der Waals surface area contributed by atoms with Crippen LogP contribution in [-0.4, -0.2) is 23.8 Å². The fourth-order valence-corrected chi connectivity index (χ4v) is 0.856. The molecule has 0 aliphatic carbocycles. The summed E-state index contributed by atoms with van der Waals surface area (Å²) in [5.74, 6) is -0.299. The molecule has 1 fully saturated rings. The van der Waals surface area contributed by atoms with Crippen LogP contribution in [0.4, 0.5) is 0 Å². The zero-order chi connectivity index (χ0) is 7.78. The largest absolute Gasteiger partial charge is 0.465 e. The number of hydrogen-bond acceptors (Lipinski definition) is 3. The molecule has 1 aliphatic heterocycles. The Hall–Kier alpha value is -0.570. The molecule has 0 bridgehead atoms. The lowest BCUT2D eigenvalue weighted by molar-refractivity contribution is -0.163. The summed E-state index contributed by atoms with van der Waals surface area (Å²) in [6.07, 6.45) is -0.416. The van der Waals surface area contributed by atoms with Crippen molar-refractivity contribution in [3.8, 4) is 0 Å². The SMILES string of the molecule is CC1(C)COC(=O)CC1O. The summed E-state index contributed by atoms with van der Waals surface area (Å²) in [5.41, 5.74) is -0.270. The van der Waals surface area contributed by atoms with Crippen LogP contribution in [0.3, 0.4) is 0 Å². The van der Waals surface area contributed by atoms with Crippen molar-refractivity contribution in [2.24, 2.45) is 5.41 Å². The molecule has 1 saturated heterocycles. The third-order valence-electron chi connectivity index (χ3n) is 1.87. The Balaban J connectivity index is 2.60. The molecule has 3 nitrogen and oxygen atoms in total. The van der Waals surface area contributed by atoms with Crippen LogP contribution >= 0.6 is 0 Å². The first kappa shape index (κ1) is 7.54. The highest BCUT2D eigenvalue weighted by Gasteiger charge is 2.35. The van der Waals surface area contributed by atoms with Crippen LogP contribution in [0.25, 0.3) is 0 Å². The molecule has 1 unspecified atom stereocenters. The van der Waals surface area contributed by atoms with E-state index in [1.165, 1.54) is 0 Å². The van der Waals surface area contributed by atoms with Gasteiger partial charge in [0.15, 0.2) is 0 Å². The minimum atomic E-state index is -0.547. The van der Waals surface area contributed by atoms with E-state index in [2.05, 4.69) is 0 Å². The van der Waals surface area contributed by atoms with Gasteiger partial charge in [0.1, 0.15) is 0 Å². The topological polar surface area (TPSA) is 46.5 Å². The Labute approximate surface area is 60.0 Å². The zero-order valence-corrected chi connectivity index (χ0v) is 6.26. The maximum absolute atomic E-state index is 10.6. The van der Waals surface area contributed by atoms with E-state index < -0.39 is 6.10 Å². The van der Waals surface area contributed by atoms with E-state index in [0.717, 1.165) is 0 Å². The van der Waals surface area contributed by atoms with E-state index >= 15 is 0 Å². The number of rotatable bonds is 0. The third kappa shape index (κ3) is 1.29. The van der Waals surface area contributed by atoms with E-state index in [4.69, 9.17) is 4.74 Å².